The third kappa shape index (κ3) is 2.66. The molecule has 0 bridgehead atoms. The Bertz CT molecular complexity index is 654. The molecule has 0 aromatic carbocycles. The van der Waals surface area contributed by atoms with Gasteiger partial charge in [-0.2, -0.15) is 0 Å². The highest BCUT2D eigenvalue weighted by molar-refractivity contribution is 5.38. The first kappa shape index (κ1) is 15.1. The van der Waals surface area contributed by atoms with Gasteiger partial charge in [0.1, 0.15) is 6.17 Å². The van der Waals surface area contributed by atoms with E-state index in [4.69, 9.17) is 20.9 Å². The second-order valence-electron chi connectivity index (χ2n) is 6.95. The Labute approximate surface area is 133 Å². The van der Waals surface area contributed by atoms with E-state index in [1.807, 2.05) is 6.20 Å². The molecule has 4 N–H and O–H groups in total. The zero-order valence-corrected chi connectivity index (χ0v) is 12.9. The van der Waals surface area contributed by atoms with Crippen LogP contribution in [-0.4, -0.2) is 36.1 Å². The fourth-order valence-electron chi connectivity index (χ4n) is 3.97. The van der Waals surface area contributed by atoms with Crippen LogP contribution in [-0.2, 0) is 16.1 Å². The van der Waals surface area contributed by atoms with Gasteiger partial charge in [0.25, 0.3) is 5.56 Å². The summed E-state index contributed by atoms with van der Waals surface area (Å²) in [5.41, 5.74) is 12.6. The van der Waals surface area contributed by atoms with Crippen LogP contribution in [0.1, 0.15) is 24.4 Å². The van der Waals surface area contributed by atoms with Gasteiger partial charge in [-0.3, -0.25) is 4.79 Å². The zero-order valence-electron chi connectivity index (χ0n) is 12.9. The summed E-state index contributed by atoms with van der Waals surface area (Å²) in [6, 6.07) is 1.55. The molecule has 2 saturated carbocycles. The number of alkyl halides is 1. The van der Waals surface area contributed by atoms with Gasteiger partial charge in [-0.1, -0.05) is 0 Å². The molecule has 0 spiro atoms. The van der Waals surface area contributed by atoms with Crippen molar-refractivity contribution in [3.63, 3.8) is 0 Å². The molecule has 6 nitrogen and oxygen atoms in total. The lowest BCUT2D eigenvalue weighted by Gasteiger charge is -2.17. The first-order valence-corrected chi connectivity index (χ1v) is 8.14. The quantitative estimate of drug-likeness (QED) is 0.846. The van der Waals surface area contributed by atoms with E-state index in [0.29, 0.717) is 37.9 Å². The molecular weight excluding hydrogens is 301 g/mol. The number of anilines is 1. The first-order valence-electron chi connectivity index (χ1n) is 8.14. The Balaban J connectivity index is 1.49. The van der Waals surface area contributed by atoms with Crippen LogP contribution < -0.4 is 17.0 Å². The highest BCUT2D eigenvalue weighted by Gasteiger charge is 2.55. The van der Waals surface area contributed by atoms with Crippen LogP contribution in [0.15, 0.2) is 17.1 Å². The van der Waals surface area contributed by atoms with Crippen LogP contribution in [0.5, 0.6) is 0 Å². The molecule has 3 aliphatic rings. The minimum atomic E-state index is -0.889. The number of nitrogens with zero attached hydrogens (tertiary/aromatic N) is 1. The zero-order chi connectivity index (χ0) is 16.1. The van der Waals surface area contributed by atoms with E-state index in [2.05, 4.69) is 0 Å². The number of hydrogen-bond acceptors (Lipinski definition) is 5. The number of pyridine rings is 1. The van der Waals surface area contributed by atoms with Crippen LogP contribution in [0.2, 0.25) is 0 Å². The average Bonchev–Trinajstić information content (AvgIpc) is 2.83. The van der Waals surface area contributed by atoms with Crippen LogP contribution in [0.4, 0.5) is 10.1 Å². The summed E-state index contributed by atoms with van der Waals surface area (Å²) in [6.07, 6.45) is 1.33. The SMILES string of the molecule is Nc1cc(CO[C@@H]2C[C@H](F)C[C@H]2N)cn(C2[C@H]3COC[C@@H]23)c1=O. The number of halogens is 1. The molecule has 4 rings (SSSR count). The van der Waals surface area contributed by atoms with Crippen LogP contribution in [0.25, 0.3) is 0 Å². The van der Waals surface area contributed by atoms with Gasteiger partial charge in [-0.05, 0) is 18.1 Å². The number of hydrogen-bond donors (Lipinski definition) is 2. The second kappa shape index (κ2) is 5.58. The lowest BCUT2D eigenvalue weighted by Crippen LogP contribution is -2.31. The molecule has 6 atom stereocenters. The van der Waals surface area contributed by atoms with Crippen molar-refractivity contribution in [2.45, 2.75) is 43.8 Å². The van der Waals surface area contributed by atoms with Crippen molar-refractivity contribution in [2.24, 2.45) is 17.6 Å². The summed E-state index contributed by atoms with van der Waals surface area (Å²) >= 11 is 0. The summed E-state index contributed by atoms with van der Waals surface area (Å²) in [4.78, 5) is 12.3. The van der Waals surface area contributed by atoms with E-state index < -0.39 is 6.17 Å². The Morgan fingerprint density at radius 1 is 1.35 bits per heavy atom. The lowest BCUT2D eigenvalue weighted by molar-refractivity contribution is 0.0321. The molecule has 3 fully saturated rings. The number of nitrogens with two attached hydrogens (primary N) is 2. The van der Waals surface area contributed by atoms with E-state index in [1.165, 1.54) is 0 Å². The van der Waals surface area contributed by atoms with Gasteiger partial charge in [0, 0.05) is 36.5 Å². The van der Waals surface area contributed by atoms with Gasteiger partial charge in [0.15, 0.2) is 0 Å². The number of fused-ring (bicyclic) bond motifs is 1. The van der Waals surface area contributed by atoms with E-state index in [9.17, 15) is 9.18 Å². The molecule has 2 aliphatic carbocycles. The fourth-order valence-corrected chi connectivity index (χ4v) is 3.97. The van der Waals surface area contributed by atoms with Crippen LogP contribution in [0.3, 0.4) is 0 Å². The van der Waals surface area contributed by atoms with E-state index in [0.717, 1.165) is 5.56 Å². The molecular formula is C16H22FN3O3. The predicted molar refractivity (Wildman–Crippen MR) is 82.6 cm³/mol. The van der Waals surface area contributed by atoms with Gasteiger partial charge in [-0.25, -0.2) is 4.39 Å². The van der Waals surface area contributed by atoms with Crippen LogP contribution >= 0.6 is 0 Å². The number of rotatable bonds is 4. The maximum Gasteiger partial charge on any atom is 0.273 e. The summed E-state index contributed by atoms with van der Waals surface area (Å²) in [6.45, 7) is 1.70. The van der Waals surface area contributed by atoms with Gasteiger partial charge in [-0.15, -0.1) is 0 Å². The molecule has 1 aliphatic heterocycles. The minimum Gasteiger partial charge on any atom is -0.394 e. The molecule has 1 aromatic heterocycles. The number of nitrogen functional groups attached to an aromatic ring is 1. The minimum absolute atomic E-state index is 0.158. The number of aromatic nitrogens is 1. The molecule has 1 aromatic rings. The molecule has 0 amide bonds. The summed E-state index contributed by atoms with van der Waals surface area (Å²) in [5.74, 6) is 0.831. The van der Waals surface area contributed by atoms with Crippen molar-refractivity contribution in [3.8, 4) is 0 Å². The Morgan fingerprint density at radius 3 is 2.74 bits per heavy atom. The maximum absolute atomic E-state index is 13.3. The van der Waals surface area contributed by atoms with Crippen molar-refractivity contribution in [3.05, 3.63) is 28.2 Å². The van der Waals surface area contributed by atoms with Gasteiger partial charge in [0.05, 0.1) is 31.6 Å². The molecule has 2 heterocycles. The molecule has 1 unspecified atom stereocenters. The molecule has 0 radical (unpaired) electrons. The standard InChI is InChI=1S/C16H22FN3O3/c17-9-2-12(18)14(3-9)23-5-8-1-13(19)16(21)20(4-8)15-10-6-22-7-11(10)15/h1,4,9-12,14-15H,2-3,5-7,18-19H2/t9-,10-,11+,12-,14-,15?/m1/s1. The highest BCUT2D eigenvalue weighted by Crippen LogP contribution is 2.53. The molecule has 23 heavy (non-hydrogen) atoms. The Hall–Kier alpha value is -1.44. The normalized spacial score (nSPS) is 38.7. The van der Waals surface area contributed by atoms with E-state index in [-0.39, 0.29) is 36.0 Å². The van der Waals surface area contributed by atoms with Gasteiger partial charge >= 0.3 is 0 Å². The monoisotopic (exact) mass is 323 g/mol. The average molecular weight is 323 g/mol. The summed E-state index contributed by atoms with van der Waals surface area (Å²) in [7, 11) is 0. The van der Waals surface area contributed by atoms with Crippen molar-refractivity contribution >= 4 is 5.69 Å². The predicted octanol–water partition coefficient (Wildman–Crippen LogP) is 0.592. The van der Waals surface area contributed by atoms with Crippen molar-refractivity contribution < 1.29 is 13.9 Å². The van der Waals surface area contributed by atoms with Crippen molar-refractivity contribution in [1.29, 1.82) is 0 Å². The number of ether oxygens (including phenoxy) is 2. The topological polar surface area (TPSA) is 92.5 Å². The summed E-state index contributed by atoms with van der Waals surface area (Å²) < 4.78 is 26.2. The Kier molecular flexibility index (Phi) is 3.66. The maximum atomic E-state index is 13.3. The van der Waals surface area contributed by atoms with Gasteiger partial charge < -0.3 is 25.5 Å². The molecule has 126 valence electrons. The van der Waals surface area contributed by atoms with E-state index in [1.54, 1.807) is 10.6 Å². The van der Waals surface area contributed by atoms with Crippen molar-refractivity contribution in [2.75, 3.05) is 18.9 Å². The van der Waals surface area contributed by atoms with E-state index >= 15 is 0 Å². The smallest absolute Gasteiger partial charge is 0.273 e. The van der Waals surface area contributed by atoms with Crippen molar-refractivity contribution in [1.82, 2.24) is 4.57 Å². The molecule has 1 saturated heterocycles. The third-order valence-corrected chi connectivity index (χ3v) is 5.31. The molecule has 7 heteroatoms. The summed E-state index contributed by atoms with van der Waals surface area (Å²) in [5, 5.41) is 0. The highest BCUT2D eigenvalue weighted by atomic mass is 19.1. The van der Waals surface area contributed by atoms with Gasteiger partial charge in [0.2, 0.25) is 0 Å². The third-order valence-electron chi connectivity index (χ3n) is 5.31. The fraction of sp³-hybridized carbons (Fsp3) is 0.688. The second-order valence-corrected chi connectivity index (χ2v) is 6.95. The largest absolute Gasteiger partial charge is 0.394 e. The first-order chi connectivity index (χ1) is 11.0. The lowest BCUT2D eigenvalue weighted by atomic mass is 10.2. The Morgan fingerprint density at radius 2 is 2.09 bits per heavy atom. The van der Waals surface area contributed by atoms with Crippen LogP contribution in [0, 0.1) is 11.8 Å².